The van der Waals surface area contributed by atoms with E-state index in [0.717, 1.165) is 37.1 Å². The number of methoxy groups -OCH3 is 1. The van der Waals surface area contributed by atoms with E-state index < -0.39 is 15.8 Å². The van der Waals surface area contributed by atoms with E-state index in [4.69, 9.17) is 9.47 Å². The van der Waals surface area contributed by atoms with Gasteiger partial charge in [0.1, 0.15) is 11.5 Å². The van der Waals surface area contributed by atoms with Crippen molar-refractivity contribution < 1.29 is 27.1 Å². The number of carbonyl (C=O) groups is 1. The highest BCUT2D eigenvalue weighted by molar-refractivity contribution is 7.92. The van der Waals surface area contributed by atoms with Crippen molar-refractivity contribution in [3.63, 3.8) is 0 Å². The van der Waals surface area contributed by atoms with Gasteiger partial charge >= 0.3 is 0 Å². The van der Waals surface area contributed by atoms with Crippen LogP contribution in [-0.4, -0.2) is 67.2 Å². The SMILES string of the molecule is COc1ncc(-c2ccc3ncn(C4CCN(C(=O)C5CCOCC5)CC4)c(=O)c3c2)cc1NS(=O)(=O)c1ccc(F)cc1. The maximum atomic E-state index is 13.7. The number of aromatic nitrogens is 3. The van der Waals surface area contributed by atoms with Gasteiger partial charge in [-0.15, -0.1) is 0 Å². The molecule has 1 N–H and O–H groups in total. The van der Waals surface area contributed by atoms with Crippen molar-refractivity contribution >= 4 is 32.5 Å². The van der Waals surface area contributed by atoms with Gasteiger partial charge in [-0.25, -0.2) is 22.8 Å². The normalized spacial score (nSPS) is 16.6. The van der Waals surface area contributed by atoms with E-state index in [1.807, 2.05) is 4.90 Å². The Morgan fingerprint density at radius 3 is 2.43 bits per heavy atom. The van der Waals surface area contributed by atoms with Gasteiger partial charge in [-0.1, -0.05) is 6.07 Å². The van der Waals surface area contributed by atoms with Crippen molar-refractivity contribution in [2.75, 3.05) is 38.1 Å². The van der Waals surface area contributed by atoms with Crippen LogP contribution in [0.4, 0.5) is 10.1 Å². The van der Waals surface area contributed by atoms with Crippen LogP contribution < -0.4 is 15.0 Å². The average Bonchev–Trinajstić information content (AvgIpc) is 3.05. The standard InChI is InChI=1S/C31H32FN5O6S/c1-42-29-28(35-44(40,41)25-5-3-23(32)4-6-25)17-22(18-33-29)21-2-7-27-26(16-21)31(39)37(19-34-27)24-8-12-36(13-9-24)30(38)20-10-14-43-15-11-20/h2-7,16-20,24,35H,8-15H2,1H3. The largest absolute Gasteiger partial charge is 0.480 e. The molecule has 2 fully saturated rings. The molecule has 0 unspecified atom stereocenters. The van der Waals surface area contributed by atoms with Gasteiger partial charge in [-0.2, -0.15) is 0 Å². The van der Waals surface area contributed by atoms with Gasteiger partial charge in [0.05, 0.1) is 29.2 Å². The molecule has 13 heteroatoms. The van der Waals surface area contributed by atoms with E-state index in [1.165, 1.54) is 13.3 Å². The van der Waals surface area contributed by atoms with Gasteiger partial charge in [0, 0.05) is 50.0 Å². The van der Waals surface area contributed by atoms with Crippen LogP contribution in [0.2, 0.25) is 0 Å². The molecule has 0 spiro atoms. The molecular weight excluding hydrogens is 589 g/mol. The van der Waals surface area contributed by atoms with Crippen LogP contribution in [0.1, 0.15) is 31.7 Å². The quantitative estimate of drug-likeness (QED) is 0.328. The topological polar surface area (TPSA) is 133 Å². The summed E-state index contributed by atoms with van der Waals surface area (Å²) in [4.78, 5) is 37.2. The second kappa shape index (κ2) is 12.3. The fourth-order valence-corrected chi connectivity index (χ4v) is 6.85. The van der Waals surface area contributed by atoms with Crippen LogP contribution in [0.15, 0.2) is 70.7 Å². The first-order chi connectivity index (χ1) is 21.2. The molecule has 2 saturated heterocycles. The molecule has 1 amide bonds. The Morgan fingerprint density at radius 1 is 1.00 bits per heavy atom. The molecule has 2 aromatic heterocycles. The fraction of sp³-hybridized carbons (Fsp3) is 0.355. The van der Waals surface area contributed by atoms with Crippen LogP contribution in [0.5, 0.6) is 5.88 Å². The number of anilines is 1. The number of sulfonamides is 1. The molecular formula is C31H32FN5O6S. The van der Waals surface area contributed by atoms with Crippen LogP contribution >= 0.6 is 0 Å². The predicted molar refractivity (Wildman–Crippen MR) is 161 cm³/mol. The molecule has 4 aromatic rings. The molecule has 11 nitrogen and oxygen atoms in total. The van der Waals surface area contributed by atoms with E-state index in [0.29, 0.717) is 61.2 Å². The lowest BCUT2D eigenvalue weighted by atomic mass is 9.96. The first-order valence-corrected chi connectivity index (χ1v) is 15.9. The third kappa shape index (κ3) is 6.02. The van der Waals surface area contributed by atoms with Crippen molar-refractivity contribution in [2.24, 2.45) is 5.92 Å². The van der Waals surface area contributed by atoms with Crippen LogP contribution in [0, 0.1) is 11.7 Å². The summed E-state index contributed by atoms with van der Waals surface area (Å²) in [6.45, 7) is 2.40. The third-order valence-corrected chi connectivity index (χ3v) is 9.65. The van der Waals surface area contributed by atoms with E-state index in [-0.39, 0.29) is 39.9 Å². The molecule has 0 aliphatic carbocycles. The number of nitrogens with one attached hydrogen (secondary N) is 1. The fourth-order valence-electron chi connectivity index (χ4n) is 5.81. The highest BCUT2D eigenvalue weighted by atomic mass is 32.2. The number of hydrogen-bond acceptors (Lipinski definition) is 8. The lowest BCUT2D eigenvalue weighted by Crippen LogP contribution is -2.44. The second-order valence-corrected chi connectivity index (χ2v) is 12.7. The molecule has 2 aromatic carbocycles. The van der Waals surface area contributed by atoms with Crippen LogP contribution in [-0.2, 0) is 19.6 Å². The zero-order valence-electron chi connectivity index (χ0n) is 24.1. The Kier molecular flexibility index (Phi) is 8.32. The summed E-state index contributed by atoms with van der Waals surface area (Å²) in [6, 6.07) is 11.2. The monoisotopic (exact) mass is 621 g/mol. The minimum absolute atomic E-state index is 0.00922. The first-order valence-electron chi connectivity index (χ1n) is 14.4. The van der Waals surface area contributed by atoms with Crippen molar-refractivity contribution in [3.8, 4) is 17.0 Å². The van der Waals surface area contributed by atoms with Crippen molar-refractivity contribution in [1.29, 1.82) is 0 Å². The Bertz CT molecular complexity index is 1850. The number of fused-ring (bicyclic) bond motifs is 1. The molecule has 44 heavy (non-hydrogen) atoms. The van der Waals surface area contributed by atoms with Crippen molar-refractivity contribution in [2.45, 2.75) is 36.6 Å². The number of benzene rings is 2. The number of ether oxygens (including phenoxy) is 2. The van der Waals surface area contributed by atoms with Crippen LogP contribution in [0.25, 0.3) is 22.0 Å². The highest BCUT2D eigenvalue weighted by Gasteiger charge is 2.30. The summed E-state index contributed by atoms with van der Waals surface area (Å²) in [5.41, 5.74) is 1.59. The smallest absolute Gasteiger partial charge is 0.262 e. The van der Waals surface area contributed by atoms with E-state index in [2.05, 4.69) is 14.7 Å². The number of hydrogen-bond donors (Lipinski definition) is 1. The van der Waals surface area contributed by atoms with Crippen molar-refractivity contribution in [1.82, 2.24) is 19.4 Å². The molecule has 0 bridgehead atoms. The summed E-state index contributed by atoms with van der Waals surface area (Å²) in [6.07, 6.45) is 5.91. The molecule has 0 atom stereocenters. The Balaban J connectivity index is 1.24. The van der Waals surface area contributed by atoms with Gasteiger partial charge in [-0.05, 0) is 73.7 Å². The van der Waals surface area contributed by atoms with Gasteiger partial charge in [0.15, 0.2) is 0 Å². The lowest BCUT2D eigenvalue weighted by Gasteiger charge is -2.35. The number of rotatable bonds is 7. The van der Waals surface area contributed by atoms with Crippen molar-refractivity contribution in [3.05, 3.63) is 77.2 Å². The molecule has 0 radical (unpaired) electrons. The van der Waals surface area contributed by atoms with E-state index >= 15 is 0 Å². The molecule has 2 aliphatic heterocycles. The highest BCUT2D eigenvalue weighted by Crippen LogP contribution is 2.31. The van der Waals surface area contributed by atoms with E-state index in [9.17, 15) is 22.4 Å². The van der Waals surface area contributed by atoms with Gasteiger partial charge in [0.2, 0.25) is 11.8 Å². The lowest BCUT2D eigenvalue weighted by molar-refractivity contribution is -0.139. The molecule has 2 aliphatic rings. The maximum Gasteiger partial charge on any atom is 0.262 e. The zero-order chi connectivity index (χ0) is 30.8. The Hall–Kier alpha value is -4.36. The number of nitrogens with zero attached hydrogens (tertiary/aromatic N) is 4. The van der Waals surface area contributed by atoms with Gasteiger partial charge in [-0.3, -0.25) is 18.9 Å². The van der Waals surface area contributed by atoms with Gasteiger partial charge in [0.25, 0.3) is 15.6 Å². The minimum atomic E-state index is -4.07. The molecule has 4 heterocycles. The average molecular weight is 622 g/mol. The summed E-state index contributed by atoms with van der Waals surface area (Å²) >= 11 is 0. The number of halogens is 1. The molecule has 230 valence electrons. The third-order valence-electron chi connectivity index (χ3n) is 8.27. The van der Waals surface area contributed by atoms with Crippen LogP contribution in [0.3, 0.4) is 0 Å². The number of amides is 1. The molecule has 6 rings (SSSR count). The number of piperidine rings is 1. The Morgan fingerprint density at radius 2 is 1.73 bits per heavy atom. The number of pyridine rings is 1. The number of likely N-dealkylation sites (tertiary alicyclic amines) is 1. The van der Waals surface area contributed by atoms with E-state index in [1.54, 1.807) is 35.2 Å². The van der Waals surface area contributed by atoms with Gasteiger partial charge < -0.3 is 14.4 Å². The summed E-state index contributed by atoms with van der Waals surface area (Å²) in [7, 11) is -2.70. The minimum Gasteiger partial charge on any atom is -0.480 e. The second-order valence-electron chi connectivity index (χ2n) is 11.0. The summed E-state index contributed by atoms with van der Waals surface area (Å²) in [5.74, 6) is -0.324. The summed E-state index contributed by atoms with van der Waals surface area (Å²) < 4.78 is 54.1. The predicted octanol–water partition coefficient (Wildman–Crippen LogP) is 4.00. The Labute approximate surface area is 253 Å². The molecule has 0 saturated carbocycles. The zero-order valence-corrected chi connectivity index (χ0v) is 24.9. The maximum absolute atomic E-state index is 13.7. The number of carbonyl (C=O) groups excluding carboxylic acids is 1. The summed E-state index contributed by atoms with van der Waals surface area (Å²) in [5, 5.41) is 0.412. The first kappa shape index (κ1) is 29.7.